The summed E-state index contributed by atoms with van der Waals surface area (Å²) in [6.45, 7) is 4.89. The molecular formula is C20H25BrN6O3. The second-order valence-electron chi connectivity index (χ2n) is 8.03. The summed E-state index contributed by atoms with van der Waals surface area (Å²) in [7, 11) is 2.12. The number of oxazole rings is 1. The molecule has 9 nitrogen and oxygen atoms in total. The number of nitrogens with one attached hydrogen (secondary N) is 2. The third-order valence-corrected chi connectivity index (χ3v) is 6.09. The molecule has 1 fully saturated rings. The molecule has 0 amide bonds. The van der Waals surface area contributed by atoms with Crippen molar-refractivity contribution in [2.75, 3.05) is 26.7 Å². The second kappa shape index (κ2) is 7.75. The van der Waals surface area contributed by atoms with Crippen LogP contribution in [0.15, 0.2) is 44.0 Å². The van der Waals surface area contributed by atoms with Gasteiger partial charge in [-0.1, -0.05) is 15.9 Å². The summed E-state index contributed by atoms with van der Waals surface area (Å²) in [5.74, 6) is 1.30. The van der Waals surface area contributed by atoms with E-state index < -0.39 is 5.72 Å². The number of hydrogen-bond acceptors (Lipinski definition) is 9. The number of benzene rings is 1. The molecular weight excluding hydrogens is 452 g/mol. The number of likely N-dealkylation sites (tertiary alicyclic amines) is 1. The van der Waals surface area contributed by atoms with Crippen LogP contribution in [0.4, 0.5) is 0 Å². The van der Waals surface area contributed by atoms with E-state index >= 15 is 0 Å². The number of aliphatic imine (C=N–C) groups is 1. The molecule has 2 N–H and O–H groups in total. The van der Waals surface area contributed by atoms with E-state index in [0.29, 0.717) is 24.9 Å². The summed E-state index contributed by atoms with van der Waals surface area (Å²) in [4.78, 5) is 19.9. The Morgan fingerprint density at radius 2 is 2.13 bits per heavy atom. The fourth-order valence-corrected chi connectivity index (χ4v) is 4.23. The Morgan fingerprint density at radius 3 is 2.90 bits per heavy atom. The molecule has 1 aromatic heterocycles. The van der Waals surface area contributed by atoms with Crippen molar-refractivity contribution in [3.8, 4) is 0 Å². The lowest BCUT2D eigenvalue weighted by atomic mass is 10.0. The van der Waals surface area contributed by atoms with Gasteiger partial charge in [-0.3, -0.25) is 0 Å². The van der Waals surface area contributed by atoms with E-state index in [0.717, 1.165) is 47.2 Å². The largest absolute Gasteiger partial charge is 0.477 e. The second-order valence-corrected chi connectivity index (χ2v) is 8.95. The van der Waals surface area contributed by atoms with Gasteiger partial charge in [0, 0.05) is 30.4 Å². The molecule has 5 rings (SSSR count). The van der Waals surface area contributed by atoms with Crippen molar-refractivity contribution in [2.45, 2.75) is 38.3 Å². The number of nitrogens with zero attached hydrogens (tertiary/aromatic N) is 4. The molecule has 4 heterocycles. The number of hydrogen-bond donors (Lipinski definition) is 2. The van der Waals surface area contributed by atoms with Gasteiger partial charge in [0.2, 0.25) is 11.9 Å². The highest BCUT2D eigenvalue weighted by molar-refractivity contribution is 9.10. The van der Waals surface area contributed by atoms with Crippen LogP contribution in [-0.4, -0.2) is 59.4 Å². The Balaban J connectivity index is 1.40. The van der Waals surface area contributed by atoms with E-state index in [-0.39, 0.29) is 6.23 Å². The number of ether oxygens (including phenoxy) is 1. The van der Waals surface area contributed by atoms with Crippen LogP contribution in [0.5, 0.6) is 0 Å². The van der Waals surface area contributed by atoms with Gasteiger partial charge in [0.1, 0.15) is 11.8 Å². The van der Waals surface area contributed by atoms with E-state index in [1.54, 1.807) is 6.26 Å². The molecule has 3 aliphatic heterocycles. The number of fused-ring (bicyclic) bond motifs is 1. The molecule has 0 saturated carbocycles. The third kappa shape index (κ3) is 3.99. The number of aromatic nitrogens is 1. The van der Waals surface area contributed by atoms with Crippen molar-refractivity contribution in [3.63, 3.8) is 0 Å². The van der Waals surface area contributed by atoms with Crippen molar-refractivity contribution in [1.29, 1.82) is 0 Å². The Hall–Kier alpha value is -2.30. The van der Waals surface area contributed by atoms with Crippen molar-refractivity contribution in [2.24, 2.45) is 4.99 Å². The maximum absolute atomic E-state index is 5.97. The van der Waals surface area contributed by atoms with E-state index in [2.05, 4.69) is 48.6 Å². The first-order valence-electron chi connectivity index (χ1n) is 10.1. The maximum Gasteiger partial charge on any atom is 0.222 e. The molecule has 30 heavy (non-hydrogen) atoms. The summed E-state index contributed by atoms with van der Waals surface area (Å²) in [5.41, 5.74) is 5.10. The SMILES string of the molecule is CC1NC(CN(Cc2nc3cc(Br)ccc3o2)C2=NC3(CCN(C)CC3)ON2)=CO1. The lowest BCUT2D eigenvalue weighted by molar-refractivity contribution is -0.0874. The zero-order valence-corrected chi connectivity index (χ0v) is 18.6. The van der Waals surface area contributed by atoms with Crippen LogP contribution in [0, 0.1) is 0 Å². The number of hydroxylamine groups is 1. The number of rotatable bonds is 4. The van der Waals surface area contributed by atoms with Gasteiger partial charge in [-0.2, -0.15) is 0 Å². The van der Waals surface area contributed by atoms with Crippen LogP contribution in [-0.2, 0) is 16.1 Å². The van der Waals surface area contributed by atoms with Gasteiger partial charge in [0.05, 0.1) is 18.8 Å². The number of piperidine rings is 1. The van der Waals surface area contributed by atoms with Crippen LogP contribution in [0.2, 0.25) is 0 Å². The summed E-state index contributed by atoms with van der Waals surface area (Å²) in [6, 6.07) is 5.81. The van der Waals surface area contributed by atoms with Gasteiger partial charge >= 0.3 is 0 Å². The smallest absolute Gasteiger partial charge is 0.222 e. The average molecular weight is 477 g/mol. The van der Waals surface area contributed by atoms with Crippen molar-refractivity contribution >= 4 is 33.0 Å². The van der Waals surface area contributed by atoms with Gasteiger partial charge in [0.15, 0.2) is 17.5 Å². The Labute approximate surface area is 183 Å². The first kappa shape index (κ1) is 19.7. The van der Waals surface area contributed by atoms with Crippen LogP contribution >= 0.6 is 15.9 Å². The molecule has 10 heteroatoms. The summed E-state index contributed by atoms with van der Waals surface area (Å²) in [6.07, 6.45) is 3.42. The van der Waals surface area contributed by atoms with Crippen molar-refractivity contribution < 1.29 is 14.0 Å². The van der Waals surface area contributed by atoms with Gasteiger partial charge in [0.25, 0.3) is 0 Å². The lowest BCUT2D eigenvalue weighted by Gasteiger charge is -2.33. The zero-order valence-electron chi connectivity index (χ0n) is 17.0. The highest BCUT2D eigenvalue weighted by Gasteiger charge is 2.41. The molecule has 0 aliphatic carbocycles. The molecule has 1 spiro atoms. The highest BCUT2D eigenvalue weighted by atomic mass is 79.9. The molecule has 0 bridgehead atoms. The quantitative estimate of drug-likeness (QED) is 0.695. The third-order valence-electron chi connectivity index (χ3n) is 5.59. The van der Waals surface area contributed by atoms with Crippen LogP contribution in [0.3, 0.4) is 0 Å². The minimum atomic E-state index is -0.506. The molecule has 1 saturated heterocycles. The highest BCUT2D eigenvalue weighted by Crippen LogP contribution is 2.30. The zero-order chi connectivity index (χ0) is 20.7. The summed E-state index contributed by atoms with van der Waals surface area (Å²) in [5, 5.41) is 3.31. The normalized spacial score (nSPS) is 23.1. The van der Waals surface area contributed by atoms with Crippen LogP contribution in [0.25, 0.3) is 11.1 Å². The Kier molecular flexibility index (Phi) is 5.08. The van der Waals surface area contributed by atoms with Gasteiger partial charge < -0.3 is 24.3 Å². The summed E-state index contributed by atoms with van der Waals surface area (Å²) < 4.78 is 12.5. The van der Waals surface area contributed by atoms with Crippen molar-refractivity contribution in [1.82, 2.24) is 25.6 Å². The molecule has 1 aromatic carbocycles. The molecule has 3 aliphatic rings. The van der Waals surface area contributed by atoms with E-state index in [4.69, 9.17) is 19.0 Å². The van der Waals surface area contributed by atoms with Gasteiger partial charge in [-0.05, 0) is 32.2 Å². The predicted molar refractivity (Wildman–Crippen MR) is 115 cm³/mol. The molecule has 160 valence electrons. The first-order chi connectivity index (χ1) is 14.5. The topological polar surface area (TPSA) is 87.4 Å². The summed E-state index contributed by atoms with van der Waals surface area (Å²) >= 11 is 3.48. The Bertz CT molecular complexity index is 998. The first-order valence-corrected chi connectivity index (χ1v) is 10.9. The van der Waals surface area contributed by atoms with E-state index in [1.807, 2.05) is 25.1 Å². The average Bonchev–Trinajstić information content (AvgIpc) is 3.42. The monoisotopic (exact) mass is 476 g/mol. The molecule has 2 aromatic rings. The fraction of sp³-hybridized carbons (Fsp3) is 0.500. The lowest BCUT2D eigenvalue weighted by Crippen LogP contribution is -2.43. The molecule has 0 radical (unpaired) electrons. The van der Waals surface area contributed by atoms with Crippen molar-refractivity contribution in [3.05, 3.63) is 40.5 Å². The number of halogens is 1. The fourth-order valence-electron chi connectivity index (χ4n) is 3.88. The minimum absolute atomic E-state index is 0.0431. The van der Waals surface area contributed by atoms with Crippen LogP contribution in [0.1, 0.15) is 25.7 Å². The maximum atomic E-state index is 5.97. The van der Waals surface area contributed by atoms with Gasteiger partial charge in [-0.25, -0.2) is 20.3 Å². The molecule has 1 unspecified atom stereocenters. The van der Waals surface area contributed by atoms with E-state index in [1.165, 1.54) is 0 Å². The predicted octanol–water partition coefficient (Wildman–Crippen LogP) is 2.51. The Morgan fingerprint density at radius 1 is 1.30 bits per heavy atom. The molecule has 1 atom stereocenters. The number of guanidine groups is 1. The standard InChI is InChI=1S/C20H25BrN6O3/c1-13-22-15(12-28-13)10-27(11-18-23-16-9-14(21)3-4-17(16)29-18)19-24-20(30-25-19)5-7-26(2)8-6-20/h3-4,9,12-13,22H,5-8,10-11H2,1-2H3,(H,24,25). The van der Waals surface area contributed by atoms with E-state index in [9.17, 15) is 0 Å². The minimum Gasteiger partial charge on any atom is -0.477 e. The van der Waals surface area contributed by atoms with Crippen LogP contribution < -0.4 is 10.8 Å². The van der Waals surface area contributed by atoms with Gasteiger partial charge in [-0.15, -0.1) is 0 Å².